The van der Waals surface area contributed by atoms with Crippen LogP contribution < -0.4 is 5.32 Å². The Balaban J connectivity index is 1.99. The molecule has 2 N–H and O–H groups in total. The summed E-state index contributed by atoms with van der Waals surface area (Å²) in [5.74, 6) is -0.896. The van der Waals surface area contributed by atoms with E-state index < -0.39 is 5.97 Å². The van der Waals surface area contributed by atoms with Gasteiger partial charge in [0.25, 0.3) is 0 Å². The third kappa shape index (κ3) is 3.92. The predicted molar refractivity (Wildman–Crippen MR) is 82.8 cm³/mol. The van der Waals surface area contributed by atoms with Crippen molar-refractivity contribution < 1.29 is 9.90 Å². The van der Waals surface area contributed by atoms with Crippen molar-refractivity contribution in [2.75, 3.05) is 0 Å². The van der Waals surface area contributed by atoms with E-state index in [1.807, 2.05) is 18.2 Å². The van der Waals surface area contributed by atoms with E-state index >= 15 is 0 Å². The summed E-state index contributed by atoms with van der Waals surface area (Å²) in [6.07, 6.45) is 0. The quantitative estimate of drug-likeness (QED) is 0.869. The highest BCUT2D eigenvalue weighted by molar-refractivity contribution is 9.10. The monoisotopic (exact) mass is 333 g/mol. The zero-order valence-corrected chi connectivity index (χ0v) is 12.7. The summed E-state index contributed by atoms with van der Waals surface area (Å²) in [6, 6.07) is 15.4. The van der Waals surface area contributed by atoms with Crippen molar-refractivity contribution in [1.29, 1.82) is 0 Å². The second kappa shape index (κ2) is 6.68. The number of carbonyl (C=O) groups is 1. The van der Waals surface area contributed by atoms with Crippen LogP contribution in [-0.2, 0) is 6.54 Å². The van der Waals surface area contributed by atoms with E-state index in [1.165, 1.54) is 5.56 Å². The number of halogens is 1. The maximum atomic E-state index is 10.9. The molecule has 0 aliphatic heterocycles. The summed E-state index contributed by atoms with van der Waals surface area (Å²) in [7, 11) is 0. The molecule has 0 spiro atoms. The van der Waals surface area contributed by atoms with Crippen LogP contribution in [0.5, 0.6) is 0 Å². The minimum atomic E-state index is -0.896. The molecule has 0 saturated heterocycles. The highest BCUT2D eigenvalue weighted by atomic mass is 79.9. The van der Waals surface area contributed by atoms with Crippen molar-refractivity contribution in [1.82, 2.24) is 5.32 Å². The van der Waals surface area contributed by atoms with E-state index in [9.17, 15) is 4.79 Å². The summed E-state index contributed by atoms with van der Waals surface area (Å²) in [5, 5.41) is 12.4. The van der Waals surface area contributed by atoms with Crippen molar-refractivity contribution in [2.45, 2.75) is 19.5 Å². The molecule has 0 heterocycles. The Bertz CT molecular complexity index is 596. The van der Waals surface area contributed by atoms with Crippen LogP contribution in [0.2, 0.25) is 0 Å². The normalized spacial score (nSPS) is 12.1. The van der Waals surface area contributed by atoms with Crippen LogP contribution in [0, 0.1) is 0 Å². The van der Waals surface area contributed by atoms with Crippen LogP contribution in [0.15, 0.2) is 53.0 Å². The molecule has 4 heteroatoms. The zero-order chi connectivity index (χ0) is 14.5. The standard InChI is InChI=1S/C16H16BrNO2/c1-11(13-5-7-15(17)8-6-13)18-10-12-3-2-4-14(9-12)16(19)20/h2-9,11,18H,10H2,1H3,(H,19,20). The first kappa shape index (κ1) is 14.8. The molecule has 2 aromatic carbocycles. The summed E-state index contributed by atoms with van der Waals surface area (Å²) >= 11 is 3.42. The average molecular weight is 334 g/mol. The molecule has 2 rings (SSSR count). The minimum Gasteiger partial charge on any atom is -0.478 e. The summed E-state index contributed by atoms with van der Waals surface area (Å²) < 4.78 is 1.06. The second-order valence-corrected chi connectivity index (χ2v) is 5.58. The van der Waals surface area contributed by atoms with Gasteiger partial charge in [-0.05, 0) is 42.3 Å². The third-order valence-electron chi connectivity index (χ3n) is 3.16. The van der Waals surface area contributed by atoms with Gasteiger partial charge in [-0.25, -0.2) is 4.79 Å². The van der Waals surface area contributed by atoms with Crippen LogP contribution in [0.3, 0.4) is 0 Å². The number of aromatic carboxylic acids is 1. The Morgan fingerprint density at radius 3 is 2.60 bits per heavy atom. The van der Waals surface area contributed by atoms with Gasteiger partial charge in [-0.2, -0.15) is 0 Å². The van der Waals surface area contributed by atoms with E-state index in [-0.39, 0.29) is 6.04 Å². The van der Waals surface area contributed by atoms with Crippen molar-refractivity contribution >= 4 is 21.9 Å². The van der Waals surface area contributed by atoms with Crippen LogP contribution in [0.4, 0.5) is 0 Å². The maximum absolute atomic E-state index is 10.9. The number of carboxylic acid groups (broad SMARTS) is 1. The molecule has 0 aliphatic rings. The van der Waals surface area contributed by atoms with Gasteiger partial charge in [-0.15, -0.1) is 0 Å². The summed E-state index contributed by atoms with van der Waals surface area (Å²) in [5.41, 5.74) is 2.48. The molecule has 1 atom stereocenters. The van der Waals surface area contributed by atoms with E-state index in [0.29, 0.717) is 12.1 Å². The Morgan fingerprint density at radius 1 is 1.25 bits per heavy atom. The molecule has 20 heavy (non-hydrogen) atoms. The fourth-order valence-electron chi connectivity index (χ4n) is 1.95. The van der Waals surface area contributed by atoms with Gasteiger partial charge in [0, 0.05) is 17.1 Å². The molecular weight excluding hydrogens is 318 g/mol. The predicted octanol–water partition coefficient (Wildman–Crippen LogP) is 4.00. The molecule has 0 radical (unpaired) electrons. The number of carboxylic acids is 1. The lowest BCUT2D eigenvalue weighted by atomic mass is 10.1. The Labute approximate surface area is 126 Å². The zero-order valence-electron chi connectivity index (χ0n) is 11.1. The molecule has 0 aliphatic carbocycles. The molecule has 104 valence electrons. The first-order chi connectivity index (χ1) is 9.56. The van der Waals surface area contributed by atoms with Crippen molar-refractivity contribution in [3.8, 4) is 0 Å². The minimum absolute atomic E-state index is 0.205. The highest BCUT2D eigenvalue weighted by Gasteiger charge is 2.06. The van der Waals surface area contributed by atoms with Gasteiger partial charge in [0.15, 0.2) is 0 Å². The Morgan fingerprint density at radius 2 is 1.95 bits per heavy atom. The van der Waals surface area contributed by atoms with E-state index in [1.54, 1.807) is 18.2 Å². The van der Waals surface area contributed by atoms with E-state index in [4.69, 9.17) is 5.11 Å². The lowest BCUT2D eigenvalue weighted by Crippen LogP contribution is -2.18. The van der Waals surface area contributed by atoms with Crippen LogP contribution in [0.1, 0.15) is 34.5 Å². The topological polar surface area (TPSA) is 49.3 Å². The van der Waals surface area contributed by atoms with Gasteiger partial charge in [0.1, 0.15) is 0 Å². The highest BCUT2D eigenvalue weighted by Crippen LogP contribution is 2.17. The molecule has 0 bridgehead atoms. The largest absolute Gasteiger partial charge is 0.478 e. The summed E-state index contributed by atoms with van der Waals surface area (Å²) in [6.45, 7) is 2.72. The molecule has 3 nitrogen and oxygen atoms in total. The number of hydrogen-bond acceptors (Lipinski definition) is 2. The first-order valence-corrected chi connectivity index (χ1v) is 7.16. The van der Waals surface area contributed by atoms with E-state index in [0.717, 1.165) is 10.0 Å². The van der Waals surface area contributed by atoms with Crippen LogP contribution in [0.25, 0.3) is 0 Å². The number of nitrogens with one attached hydrogen (secondary N) is 1. The molecule has 0 saturated carbocycles. The summed E-state index contributed by atoms with van der Waals surface area (Å²) in [4.78, 5) is 10.9. The van der Waals surface area contributed by atoms with Gasteiger partial charge in [0.05, 0.1) is 5.56 Å². The molecule has 0 amide bonds. The smallest absolute Gasteiger partial charge is 0.335 e. The van der Waals surface area contributed by atoms with Crippen molar-refractivity contribution in [3.63, 3.8) is 0 Å². The Hall–Kier alpha value is -1.65. The first-order valence-electron chi connectivity index (χ1n) is 6.37. The molecule has 0 aromatic heterocycles. The molecule has 0 fully saturated rings. The van der Waals surface area contributed by atoms with E-state index in [2.05, 4.69) is 40.3 Å². The van der Waals surface area contributed by atoms with Crippen LogP contribution in [-0.4, -0.2) is 11.1 Å². The molecule has 2 aromatic rings. The van der Waals surface area contributed by atoms with Crippen LogP contribution >= 0.6 is 15.9 Å². The lowest BCUT2D eigenvalue weighted by Gasteiger charge is -2.14. The number of rotatable bonds is 5. The third-order valence-corrected chi connectivity index (χ3v) is 3.68. The molecular formula is C16H16BrNO2. The van der Waals surface area contributed by atoms with Gasteiger partial charge < -0.3 is 10.4 Å². The fourth-order valence-corrected chi connectivity index (χ4v) is 2.22. The maximum Gasteiger partial charge on any atom is 0.335 e. The fraction of sp³-hybridized carbons (Fsp3) is 0.188. The second-order valence-electron chi connectivity index (χ2n) is 4.66. The average Bonchev–Trinajstić information content (AvgIpc) is 2.46. The van der Waals surface area contributed by atoms with Gasteiger partial charge in [-0.3, -0.25) is 0 Å². The van der Waals surface area contributed by atoms with Gasteiger partial charge in [0.2, 0.25) is 0 Å². The van der Waals surface area contributed by atoms with Gasteiger partial charge in [-0.1, -0.05) is 40.2 Å². The van der Waals surface area contributed by atoms with Gasteiger partial charge >= 0.3 is 5.97 Å². The number of hydrogen-bond donors (Lipinski definition) is 2. The van der Waals surface area contributed by atoms with Crippen molar-refractivity contribution in [3.05, 3.63) is 69.7 Å². The lowest BCUT2D eigenvalue weighted by molar-refractivity contribution is 0.0696. The SMILES string of the molecule is CC(NCc1cccc(C(=O)O)c1)c1ccc(Br)cc1. The van der Waals surface area contributed by atoms with Crippen molar-refractivity contribution in [2.24, 2.45) is 0 Å². The number of benzene rings is 2. The Kier molecular flexibility index (Phi) is 4.93. The molecule has 1 unspecified atom stereocenters.